The van der Waals surface area contributed by atoms with Gasteiger partial charge in [0.15, 0.2) is 0 Å². The molecule has 4 aliphatic rings. The Morgan fingerprint density at radius 3 is 1.63 bits per heavy atom. The minimum atomic E-state index is -0.783. The van der Waals surface area contributed by atoms with Crippen LogP contribution in [0.25, 0.3) is 44.3 Å². The van der Waals surface area contributed by atoms with Crippen molar-refractivity contribution in [3.8, 4) is 22.5 Å². The van der Waals surface area contributed by atoms with Crippen molar-refractivity contribution in [3.05, 3.63) is 148 Å². The van der Waals surface area contributed by atoms with Gasteiger partial charge in [-0.1, -0.05) is 39.3 Å². The average molecular weight is 1050 g/mol. The second-order valence-electron chi connectivity index (χ2n) is 20.2. The van der Waals surface area contributed by atoms with Gasteiger partial charge < -0.3 is 29.5 Å². The average Bonchev–Trinajstić information content (AvgIpc) is 3.86. The Morgan fingerprint density at radius 2 is 1.07 bits per heavy atom. The molecule has 0 saturated carbocycles. The molecule has 0 unspecified atom stereocenters. The van der Waals surface area contributed by atoms with E-state index in [1.54, 1.807) is 6.92 Å². The van der Waals surface area contributed by atoms with Gasteiger partial charge in [0.25, 0.3) is 0 Å². The Kier molecular flexibility index (Phi) is 14.0. The van der Waals surface area contributed by atoms with Gasteiger partial charge >= 0.3 is 0 Å². The molecule has 8 aromatic rings. The summed E-state index contributed by atoms with van der Waals surface area (Å²) in [6.45, 7) is 20.0. The van der Waals surface area contributed by atoms with E-state index in [2.05, 4.69) is 79.9 Å². The van der Waals surface area contributed by atoms with Crippen LogP contribution in [0, 0.1) is 48.8 Å². The van der Waals surface area contributed by atoms with Crippen LogP contribution in [0.15, 0.2) is 85.7 Å². The summed E-state index contributed by atoms with van der Waals surface area (Å²) < 4.78 is 95.2. The van der Waals surface area contributed by atoms with Crippen molar-refractivity contribution in [3.63, 3.8) is 0 Å². The molecular formula is C56H53ClF6N10O2. The van der Waals surface area contributed by atoms with Crippen LogP contribution in [0.1, 0.15) is 50.2 Å². The molecule has 12 nitrogen and oxygen atoms in total. The summed E-state index contributed by atoms with van der Waals surface area (Å²) in [4.78, 5) is 32.6. The Balaban J connectivity index is 0.000000142. The molecule has 0 radical (unpaired) electrons. The summed E-state index contributed by atoms with van der Waals surface area (Å²) in [6.07, 6.45) is 8.96. The molecule has 6 aromatic heterocycles. The highest BCUT2D eigenvalue weighted by molar-refractivity contribution is 6.36. The van der Waals surface area contributed by atoms with Crippen LogP contribution in [0.5, 0.6) is 0 Å². The smallest absolute Gasteiger partial charge is 0.142 e. The van der Waals surface area contributed by atoms with Gasteiger partial charge in [0, 0.05) is 97.9 Å². The molecule has 0 amide bonds. The lowest BCUT2D eigenvalue weighted by Gasteiger charge is -2.30. The van der Waals surface area contributed by atoms with Crippen LogP contribution in [-0.4, -0.2) is 95.6 Å². The van der Waals surface area contributed by atoms with Crippen molar-refractivity contribution in [1.29, 1.82) is 0 Å². The standard InChI is InChI=1S/C28H26F3N5O.C15H8ClF3N2.C13H19N3O/c1-16-25(17-8-19(30)13-32-12-17)34-22-10-18(29)9-21(31)24(22)26(16)36-15-28(2,3)27-23(36)11-20(14-33-27)35-4-6-37-7-5-35;1-7-14(16)13-11(19)3-9(17)4-12(13)21-15(7)8-2-10(18)6-20-5-8;1-13(2)9-15-11-7-10(8-14-12(11)13)16-3-5-17-6-4-16/h8-14H,4-7,15H2,1-3H3;2-6H,1H3;7-8,15H,3-6,9H2,1-2H3. The second kappa shape index (κ2) is 20.5. The monoisotopic (exact) mass is 1050 g/mol. The van der Waals surface area contributed by atoms with E-state index in [-0.39, 0.29) is 37.7 Å². The van der Waals surface area contributed by atoms with E-state index >= 15 is 4.39 Å². The van der Waals surface area contributed by atoms with E-state index < -0.39 is 34.9 Å². The Labute approximate surface area is 434 Å². The van der Waals surface area contributed by atoms with Gasteiger partial charge in [-0.2, -0.15) is 0 Å². The van der Waals surface area contributed by atoms with Crippen LogP contribution in [0.4, 0.5) is 54.8 Å². The largest absolute Gasteiger partial charge is 0.383 e. The van der Waals surface area contributed by atoms with Gasteiger partial charge in [-0.05, 0) is 49.2 Å². The molecule has 388 valence electrons. The van der Waals surface area contributed by atoms with E-state index in [0.29, 0.717) is 59.1 Å². The first-order valence-corrected chi connectivity index (χ1v) is 24.9. The zero-order valence-electron chi connectivity index (χ0n) is 42.1. The normalized spacial score (nSPS) is 16.5. The predicted octanol–water partition coefficient (Wildman–Crippen LogP) is 12.0. The van der Waals surface area contributed by atoms with Crippen molar-refractivity contribution in [1.82, 2.24) is 29.9 Å². The van der Waals surface area contributed by atoms with Gasteiger partial charge in [0.2, 0.25) is 0 Å². The number of aromatic nitrogens is 6. The fraction of sp³-hybridized carbons (Fsp3) is 0.321. The lowest BCUT2D eigenvalue weighted by molar-refractivity contribution is 0.122. The van der Waals surface area contributed by atoms with Gasteiger partial charge in [-0.15, -0.1) is 0 Å². The molecule has 1 N–H and O–H groups in total. The van der Waals surface area contributed by atoms with Crippen molar-refractivity contribution >= 4 is 61.8 Å². The first kappa shape index (κ1) is 51.3. The summed E-state index contributed by atoms with van der Waals surface area (Å²) in [6, 6.07) is 10.8. The van der Waals surface area contributed by atoms with Crippen molar-refractivity contribution in [2.45, 2.75) is 52.4 Å². The third-order valence-corrected chi connectivity index (χ3v) is 14.4. The maximum Gasteiger partial charge on any atom is 0.142 e. The fourth-order valence-electron chi connectivity index (χ4n) is 10.2. The molecule has 10 heterocycles. The van der Waals surface area contributed by atoms with Crippen molar-refractivity contribution < 1.29 is 35.8 Å². The highest BCUT2D eigenvalue weighted by Gasteiger charge is 2.40. The molecule has 12 rings (SSSR count). The number of pyridine rings is 6. The van der Waals surface area contributed by atoms with E-state index in [1.165, 1.54) is 47.7 Å². The predicted molar refractivity (Wildman–Crippen MR) is 280 cm³/mol. The third-order valence-electron chi connectivity index (χ3n) is 13.9. The van der Waals surface area contributed by atoms with Crippen molar-refractivity contribution in [2.24, 2.45) is 0 Å². The van der Waals surface area contributed by atoms with E-state index in [0.717, 1.165) is 93.6 Å². The summed E-state index contributed by atoms with van der Waals surface area (Å²) in [5.41, 5.74) is 9.61. The van der Waals surface area contributed by atoms with Gasteiger partial charge in [-0.25, -0.2) is 36.3 Å². The molecule has 2 aromatic carbocycles. The van der Waals surface area contributed by atoms with Gasteiger partial charge in [-0.3, -0.25) is 19.9 Å². The maximum atomic E-state index is 15.5. The second-order valence-corrected chi connectivity index (χ2v) is 20.6. The minimum Gasteiger partial charge on any atom is -0.383 e. The zero-order chi connectivity index (χ0) is 52.9. The zero-order valence-corrected chi connectivity index (χ0v) is 42.9. The first-order valence-electron chi connectivity index (χ1n) is 24.5. The van der Waals surface area contributed by atoms with Crippen LogP contribution in [-0.2, 0) is 20.3 Å². The Hall–Kier alpha value is -7.15. The molecule has 4 aliphatic heterocycles. The number of hydrogen-bond acceptors (Lipinski definition) is 12. The number of nitrogens with one attached hydrogen (secondary N) is 1. The first-order chi connectivity index (χ1) is 35.9. The van der Waals surface area contributed by atoms with E-state index in [4.69, 9.17) is 26.1 Å². The molecular weight excluding hydrogens is 994 g/mol. The lowest BCUT2D eigenvalue weighted by atomic mass is 9.91. The number of rotatable bonds is 5. The third kappa shape index (κ3) is 10.2. The molecule has 2 fully saturated rings. The number of fused-ring (bicyclic) bond motifs is 4. The fourth-order valence-corrected chi connectivity index (χ4v) is 10.4. The molecule has 0 aliphatic carbocycles. The Morgan fingerprint density at radius 1 is 0.560 bits per heavy atom. The van der Waals surface area contributed by atoms with E-state index in [1.807, 2.05) is 24.2 Å². The summed E-state index contributed by atoms with van der Waals surface area (Å²) >= 11 is 6.16. The molecule has 2 saturated heterocycles. The summed E-state index contributed by atoms with van der Waals surface area (Å²) in [5.74, 6) is -4.01. The van der Waals surface area contributed by atoms with Crippen LogP contribution >= 0.6 is 11.6 Å². The molecule has 0 bridgehead atoms. The van der Waals surface area contributed by atoms with Gasteiger partial charge in [0.1, 0.15) is 34.9 Å². The quantitative estimate of drug-likeness (QED) is 0.165. The van der Waals surface area contributed by atoms with Gasteiger partial charge in [0.05, 0.1) is 129 Å². The summed E-state index contributed by atoms with van der Waals surface area (Å²) in [5, 5.41) is 3.83. The van der Waals surface area contributed by atoms with Crippen LogP contribution in [0.2, 0.25) is 5.02 Å². The number of morpholine rings is 2. The number of ether oxygens (including phenoxy) is 2. The topological polar surface area (TPSA) is 118 Å². The Bertz CT molecular complexity index is 3500. The van der Waals surface area contributed by atoms with Crippen molar-refractivity contribution in [2.75, 3.05) is 85.7 Å². The molecule has 75 heavy (non-hydrogen) atoms. The summed E-state index contributed by atoms with van der Waals surface area (Å²) in [7, 11) is 0. The highest BCUT2D eigenvalue weighted by atomic mass is 35.5. The number of anilines is 5. The number of benzene rings is 2. The maximum absolute atomic E-state index is 15.5. The molecule has 19 heteroatoms. The number of nitrogens with zero attached hydrogens (tertiary/aromatic N) is 9. The molecule has 0 atom stereocenters. The number of hydrogen-bond donors (Lipinski definition) is 1. The lowest BCUT2D eigenvalue weighted by Crippen LogP contribution is -2.36. The number of halogens is 7. The highest BCUT2D eigenvalue weighted by Crippen LogP contribution is 2.49. The minimum absolute atomic E-state index is 0.0451. The SMILES string of the molecule is CC1(C)CNc2cc(N3CCOCC3)cnc21.Cc1c(-c2cncc(F)c2)nc2cc(F)cc(F)c2c1Cl.Cc1c(-c2cncc(F)c2)nc2cc(F)cc(F)c2c1N1CC(C)(C)c2ncc(N3CCOCC3)cc21. The van der Waals surface area contributed by atoms with E-state index in [9.17, 15) is 22.0 Å². The van der Waals surface area contributed by atoms with Crippen LogP contribution in [0.3, 0.4) is 0 Å². The molecule has 0 spiro atoms. The van der Waals surface area contributed by atoms with Crippen LogP contribution < -0.4 is 20.0 Å².